The van der Waals surface area contributed by atoms with Crippen LogP contribution >= 0.6 is 0 Å². The Morgan fingerprint density at radius 1 is 1.89 bits per heavy atom. The van der Waals surface area contributed by atoms with E-state index in [1.807, 2.05) is 0 Å². The average Bonchev–Trinajstić information content (AvgIpc) is 2.15. The van der Waals surface area contributed by atoms with Crippen molar-refractivity contribution in [2.24, 2.45) is 0 Å². The van der Waals surface area contributed by atoms with Gasteiger partial charge in [0.15, 0.2) is 0 Å². The van der Waals surface area contributed by atoms with Gasteiger partial charge in [0, 0.05) is 6.07 Å². The zero-order valence-electron chi connectivity index (χ0n) is 5.18. The van der Waals surface area contributed by atoms with E-state index in [0.717, 1.165) is 0 Å². The maximum Gasteiger partial charge on any atom is 0.137 e. The van der Waals surface area contributed by atoms with Crippen molar-refractivity contribution in [3.63, 3.8) is 0 Å². The summed E-state index contributed by atoms with van der Waals surface area (Å²) in [7, 11) is 0. The average molecular weight is 123 g/mol. The predicted octanol–water partition coefficient (Wildman–Crippen LogP) is 1.21. The van der Waals surface area contributed by atoms with Crippen molar-refractivity contribution >= 4 is 5.78 Å². The second-order valence-electron chi connectivity index (χ2n) is 1.87. The zero-order chi connectivity index (χ0) is 6.69. The van der Waals surface area contributed by atoms with E-state index in [1.54, 1.807) is 6.07 Å². The van der Waals surface area contributed by atoms with E-state index in [0.29, 0.717) is 12.2 Å². The molecule has 0 aliphatic heterocycles. The molecule has 1 aromatic rings. The van der Waals surface area contributed by atoms with Gasteiger partial charge in [-0.2, -0.15) is 0 Å². The van der Waals surface area contributed by atoms with Crippen LogP contribution < -0.4 is 0 Å². The fourth-order valence-corrected chi connectivity index (χ4v) is 0.596. The molecule has 0 aliphatic carbocycles. The van der Waals surface area contributed by atoms with Gasteiger partial charge < -0.3 is 4.42 Å². The summed E-state index contributed by atoms with van der Waals surface area (Å²) in [5, 5.41) is 0. The summed E-state index contributed by atoms with van der Waals surface area (Å²) >= 11 is 0. The Kier molecular flexibility index (Phi) is 1.68. The van der Waals surface area contributed by atoms with E-state index in [2.05, 4.69) is 6.07 Å². The van der Waals surface area contributed by atoms with Crippen molar-refractivity contribution < 1.29 is 9.21 Å². The van der Waals surface area contributed by atoms with Crippen LogP contribution in [0.5, 0.6) is 0 Å². The lowest BCUT2D eigenvalue weighted by Gasteiger charge is -1.85. The van der Waals surface area contributed by atoms with Gasteiger partial charge in [-0.25, -0.2) is 0 Å². The molecule has 47 valence electrons. The van der Waals surface area contributed by atoms with Crippen LogP contribution in [0.4, 0.5) is 0 Å². The summed E-state index contributed by atoms with van der Waals surface area (Å²) in [4.78, 5) is 10.4. The van der Waals surface area contributed by atoms with Crippen LogP contribution in [-0.4, -0.2) is 5.78 Å². The van der Waals surface area contributed by atoms with Crippen LogP contribution in [0.3, 0.4) is 0 Å². The number of ketones is 1. The molecule has 0 aliphatic rings. The molecule has 1 rings (SSSR count). The summed E-state index contributed by atoms with van der Waals surface area (Å²) < 4.78 is 4.87. The first kappa shape index (κ1) is 6.08. The van der Waals surface area contributed by atoms with Gasteiger partial charge in [0.05, 0.1) is 12.7 Å². The highest BCUT2D eigenvalue weighted by Crippen LogP contribution is 1.99. The van der Waals surface area contributed by atoms with Gasteiger partial charge in [0.1, 0.15) is 11.5 Å². The summed E-state index contributed by atoms with van der Waals surface area (Å²) in [6.45, 7) is 1.52. The molecule has 0 amide bonds. The molecular weight excluding hydrogens is 116 g/mol. The van der Waals surface area contributed by atoms with Gasteiger partial charge in [-0.05, 0) is 13.0 Å². The van der Waals surface area contributed by atoms with Crippen molar-refractivity contribution in [1.29, 1.82) is 0 Å². The maximum atomic E-state index is 10.4. The largest absolute Gasteiger partial charge is 0.468 e. The minimum absolute atomic E-state index is 0.0983. The molecular formula is C7H7O2. The molecule has 0 spiro atoms. The summed E-state index contributed by atoms with van der Waals surface area (Å²) in [5.41, 5.74) is 0. The minimum atomic E-state index is 0.0983. The normalized spacial score (nSPS) is 9.44. The zero-order valence-corrected chi connectivity index (χ0v) is 5.18. The highest BCUT2D eigenvalue weighted by Gasteiger charge is 1.97. The second kappa shape index (κ2) is 2.49. The van der Waals surface area contributed by atoms with Gasteiger partial charge in [0.25, 0.3) is 0 Å². The lowest BCUT2D eigenvalue weighted by molar-refractivity contribution is -0.116. The second-order valence-corrected chi connectivity index (χ2v) is 1.87. The van der Waals surface area contributed by atoms with Crippen LogP contribution in [0.25, 0.3) is 0 Å². The van der Waals surface area contributed by atoms with E-state index in [1.165, 1.54) is 13.2 Å². The van der Waals surface area contributed by atoms with Crippen LogP contribution in [0.1, 0.15) is 12.7 Å². The van der Waals surface area contributed by atoms with Gasteiger partial charge in [-0.15, -0.1) is 0 Å². The van der Waals surface area contributed by atoms with Crippen LogP contribution in [-0.2, 0) is 11.2 Å². The molecule has 0 atom stereocenters. The molecule has 1 heterocycles. The van der Waals surface area contributed by atoms with E-state index in [-0.39, 0.29) is 5.78 Å². The Bertz CT molecular complexity index is 187. The first-order chi connectivity index (χ1) is 4.29. The quantitative estimate of drug-likeness (QED) is 0.591. The fourth-order valence-electron chi connectivity index (χ4n) is 0.596. The lowest BCUT2D eigenvalue weighted by Crippen LogP contribution is -1.93. The number of rotatable bonds is 2. The van der Waals surface area contributed by atoms with Crippen LogP contribution in [0.15, 0.2) is 16.7 Å². The summed E-state index contributed by atoms with van der Waals surface area (Å²) in [6, 6.07) is 4.43. The topological polar surface area (TPSA) is 30.2 Å². The van der Waals surface area contributed by atoms with Crippen molar-refractivity contribution in [2.75, 3.05) is 0 Å². The van der Waals surface area contributed by atoms with E-state index in [4.69, 9.17) is 4.42 Å². The molecule has 0 unspecified atom stereocenters. The minimum Gasteiger partial charge on any atom is -0.468 e. The standard InChI is InChI=1S/C7H7O2/c1-6(8)5-7-3-2-4-9-7/h2,4H,5H2,1H3. The molecule has 0 fully saturated rings. The summed E-state index contributed by atoms with van der Waals surface area (Å²) in [6.07, 6.45) is 1.87. The lowest BCUT2D eigenvalue weighted by atomic mass is 10.2. The van der Waals surface area contributed by atoms with Crippen LogP contribution in [0, 0.1) is 6.07 Å². The molecule has 1 aromatic heterocycles. The molecule has 9 heavy (non-hydrogen) atoms. The van der Waals surface area contributed by atoms with Gasteiger partial charge >= 0.3 is 0 Å². The highest BCUT2D eigenvalue weighted by atomic mass is 16.3. The summed E-state index contributed by atoms with van der Waals surface area (Å²) in [5.74, 6) is 0.712. The van der Waals surface area contributed by atoms with Gasteiger partial charge in [-0.3, -0.25) is 4.79 Å². The smallest absolute Gasteiger partial charge is 0.137 e. The Morgan fingerprint density at radius 3 is 3.11 bits per heavy atom. The van der Waals surface area contributed by atoms with Gasteiger partial charge in [-0.1, -0.05) is 0 Å². The number of hydrogen-bond acceptors (Lipinski definition) is 2. The first-order valence-corrected chi connectivity index (χ1v) is 2.72. The number of carbonyl (C=O) groups is 1. The number of hydrogen-bond donors (Lipinski definition) is 0. The Labute approximate surface area is 53.5 Å². The third-order valence-corrected chi connectivity index (χ3v) is 0.932. The molecule has 2 nitrogen and oxygen atoms in total. The molecule has 0 bridgehead atoms. The van der Waals surface area contributed by atoms with Crippen molar-refractivity contribution in [1.82, 2.24) is 0 Å². The van der Waals surface area contributed by atoms with Gasteiger partial charge in [0.2, 0.25) is 0 Å². The van der Waals surface area contributed by atoms with Crippen molar-refractivity contribution in [3.8, 4) is 0 Å². The molecule has 1 radical (unpaired) electrons. The Morgan fingerprint density at radius 2 is 2.67 bits per heavy atom. The first-order valence-electron chi connectivity index (χ1n) is 2.72. The van der Waals surface area contributed by atoms with E-state index < -0.39 is 0 Å². The SMILES string of the molecule is CC(=O)Cc1[c]cco1. The predicted molar refractivity (Wildman–Crippen MR) is 31.9 cm³/mol. The molecule has 0 aromatic carbocycles. The molecule has 0 N–H and O–H groups in total. The van der Waals surface area contributed by atoms with Crippen LogP contribution in [0.2, 0.25) is 0 Å². The van der Waals surface area contributed by atoms with E-state index >= 15 is 0 Å². The Balaban J connectivity index is 2.58. The van der Waals surface area contributed by atoms with Crippen molar-refractivity contribution in [2.45, 2.75) is 13.3 Å². The Hall–Kier alpha value is -1.05. The molecule has 0 saturated heterocycles. The molecule has 2 heteroatoms. The maximum absolute atomic E-state index is 10.4. The third kappa shape index (κ3) is 1.72. The third-order valence-electron chi connectivity index (χ3n) is 0.932. The molecule has 0 saturated carbocycles. The highest BCUT2D eigenvalue weighted by molar-refractivity contribution is 5.77. The van der Waals surface area contributed by atoms with E-state index in [9.17, 15) is 4.79 Å². The number of furan rings is 1. The number of Topliss-reactive ketones (excluding diaryl/α,β-unsaturated/α-hetero) is 1. The van der Waals surface area contributed by atoms with Crippen molar-refractivity contribution in [3.05, 3.63) is 24.2 Å². The number of carbonyl (C=O) groups excluding carboxylic acids is 1. The fraction of sp³-hybridized carbons (Fsp3) is 0.286. The monoisotopic (exact) mass is 123 g/mol.